The molecule has 27 heavy (non-hydrogen) atoms. The van der Waals surface area contributed by atoms with E-state index in [2.05, 4.69) is 36.5 Å². The Kier molecular flexibility index (Phi) is 5.15. The predicted octanol–water partition coefficient (Wildman–Crippen LogP) is 2.85. The smallest absolute Gasteiger partial charge is 0.273 e. The first-order valence-electron chi connectivity index (χ1n) is 8.71. The van der Waals surface area contributed by atoms with Crippen LogP contribution in [0.5, 0.6) is 0 Å². The fourth-order valence-electron chi connectivity index (χ4n) is 2.81. The standard InChI is InChI=1S/C19H18N6OS/c26-19(20-12-15-8-9-16-17(11-15)23-27-22-16)18-13-25(24-21-18)10-4-7-14-5-2-1-3-6-14/h1-3,5-6,8-9,11,13H,4,7,10,12H2,(H,20,26). The van der Waals surface area contributed by atoms with Crippen LogP contribution in [0, 0.1) is 0 Å². The number of hydrogen-bond acceptors (Lipinski definition) is 6. The minimum atomic E-state index is -0.235. The number of rotatable bonds is 7. The predicted molar refractivity (Wildman–Crippen MR) is 103 cm³/mol. The summed E-state index contributed by atoms with van der Waals surface area (Å²) in [5.41, 5.74) is 4.30. The van der Waals surface area contributed by atoms with E-state index in [9.17, 15) is 4.79 Å². The molecule has 0 radical (unpaired) electrons. The lowest BCUT2D eigenvalue weighted by molar-refractivity contribution is 0.0946. The van der Waals surface area contributed by atoms with Crippen LogP contribution in [0.3, 0.4) is 0 Å². The van der Waals surface area contributed by atoms with E-state index in [0.717, 1.165) is 36.0 Å². The number of fused-ring (bicyclic) bond motifs is 1. The van der Waals surface area contributed by atoms with Gasteiger partial charge in [-0.2, -0.15) is 8.75 Å². The summed E-state index contributed by atoms with van der Waals surface area (Å²) in [5.74, 6) is -0.235. The number of benzene rings is 2. The zero-order valence-corrected chi connectivity index (χ0v) is 15.4. The second kappa shape index (κ2) is 8.05. The third-order valence-electron chi connectivity index (χ3n) is 4.24. The van der Waals surface area contributed by atoms with Gasteiger partial charge < -0.3 is 5.32 Å². The average molecular weight is 378 g/mol. The Morgan fingerprint density at radius 2 is 1.89 bits per heavy atom. The molecule has 1 amide bonds. The van der Waals surface area contributed by atoms with Gasteiger partial charge in [0.15, 0.2) is 5.69 Å². The quantitative estimate of drug-likeness (QED) is 0.534. The fraction of sp³-hybridized carbons (Fsp3) is 0.211. The third kappa shape index (κ3) is 4.35. The van der Waals surface area contributed by atoms with Crippen molar-refractivity contribution < 1.29 is 4.79 Å². The molecule has 0 aliphatic carbocycles. The summed E-state index contributed by atoms with van der Waals surface area (Å²) in [6.07, 6.45) is 3.60. The molecule has 0 aliphatic rings. The molecule has 2 aromatic heterocycles. The maximum absolute atomic E-state index is 12.3. The van der Waals surface area contributed by atoms with Crippen LogP contribution in [-0.4, -0.2) is 29.6 Å². The summed E-state index contributed by atoms with van der Waals surface area (Å²) in [7, 11) is 0. The lowest BCUT2D eigenvalue weighted by Crippen LogP contribution is -2.23. The number of amides is 1. The first kappa shape index (κ1) is 17.3. The molecule has 0 saturated heterocycles. The second-order valence-corrected chi connectivity index (χ2v) is 6.75. The van der Waals surface area contributed by atoms with E-state index in [4.69, 9.17) is 0 Å². The van der Waals surface area contributed by atoms with E-state index in [1.165, 1.54) is 17.3 Å². The summed E-state index contributed by atoms with van der Waals surface area (Å²) in [5, 5.41) is 10.9. The van der Waals surface area contributed by atoms with Gasteiger partial charge in [-0.1, -0.05) is 41.6 Å². The maximum Gasteiger partial charge on any atom is 0.273 e. The van der Waals surface area contributed by atoms with Crippen LogP contribution < -0.4 is 5.32 Å². The van der Waals surface area contributed by atoms with Crippen molar-refractivity contribution in [3.05, 3.63) is 71.5 Å². The largest absolute Gasteiger partial charge is 0.347 e. The highest BCUT2D eigenvalue weighted by Gasteiger charge is 2.11. The minimum Gasteiger partial charge on any atom is -0.347 e. The molecule has 2 aromatic carbocycles. The first-order valence-corrected chi connectivity index (χ1v) is 9.44. The van der Waals surface area contributed by atoms with Gasteiger partial charge in [-0.25, -0.2) is 0 Å². The topological polar surface area (TPSA) is 85.6 Å². The molecular weight excluding hydrogens is 360 g/mol. The van der Waals surface area contributed by atoms with Crippen molar-refractivity contribution in [2.45, 2.75) is 25.9 Å². The van der Waals surface area contributed by atoms with Crippen LogP contribution in [0.4, 0.5) is 0 Å². The van der Waals surface area contributed by atoms with Gasteiger partial charge in [0.05, 0.1) is 17.9 Å². The Morgan fingerprint density at radius 1 is 1.04 bits per heavy atom. The molecular formula is C19H18N6OS. The van der Waals surface area contributed by atoms with Gasteiger partial charge in [0.2, 0.25) is 0 Å². The van der Waals surface area contributed by atoms with E-state index >= 15 is 0 Å². The van der Waals surface area contributed by atoms with Gasteiger partial charge in [0.1, 0.15) is 11.0 Å². The summed E-state index contributed by atoms with van der Waals surface area (Å²) < 4.78 is 10.1. The summed E-state index contributed by atoms with van der Waals surface area (Å²) in [4.78, 5) is 12.3. The number of hydrogen-bond donors (Lipinski definition) is 1. The molecule has 4 aromatic rings. The number of aryl methyl sites for hydroxylation is 2. The van der Waals surface area contributed by atoms with Gasteiger partial charge in [0, 0.05) is 13.1 Å². The van der Waals surface area contributed by atoms with Crippen LogP contribution in [0.25, 0.3) is 11.0 Å². The molecule has 0 unspecified atom stereocenters. The van der Waals surface area contributed by atoms with E-state index in [1.807, 2.05) is 36.4 Å². The number of nitrogens with one attached hydrogen (secondary N) is 1. The first-order chi connectivity index (χ1) is 13.3. The van der Waals surface area contributed by atoms with Crippen molar-refractivity contribution in [1.29, 1.82) is 0 Å². The van der Waals surface area contributed by atoms with Crippen molar-refractivity contribution in [1.82, 2.24) is 29.1 Å². The highest BCUT2D eigenvalue weighted by molar-refractivity contribution is 7.00. The molecule has 4 rings (SSSR count). The Hall–Kier alpha value is -3.13. The molecule has 0 bridgehead atoms. The lowest BCUT2D eigenvalue weighted by atomic mass is 10.1. The summed E-state index contributed by atoms with van der Waals surface area (Å²) in [6, 6.07) is 16.1. The van der Waals surface area contributed by atoms with Gasteiger partial charge >= 0.3 is 0 Å². The molecule has 1 N–H and O–H groups in total. The third-order valence-corrected chi connectivity index (χ3v) is 4.79. The van der Waals surface area contributed by atoms with Crippen LogP contribution >= 0.6 is 11.7 Å². The molecule has 0 spiro atoms. The van der Waals surface area contributed by atoms with Gasteiger partial charge in [-0.05, 0) is 36.1 Å². The fourth-order valence-corrected chi connectivity index (χ4v) is 3.33. The van der Waals surface area contributed by atoms with Gasteiger partial charge in [-0.15, -0.1) is 5.10 Å². The Morgan fingerprint density at radius 3 is 2.78 bits per heavy atom. The van der Waals surface area contributed by atoms with Crippen molar-refractivity contribution in [3.63, 3.8) is 0 Å². The Labute approximate surface area is 160 Å². The van der Waals surface area contributed by atoms with Gasteiger partial charge in [0.25, 0.3) is 5.91 Å². The Balaban J connectivity index is 1.29. The van der Waals surface area contributed by atoms with Gasteiger partial charge in [-0.3, -0.25) is 9.48 Å². The van der Waals surface area contributed by atoms with Crippen LogP contribution in [0.2, 0.25) is 0 Å². The maximum atomic E-state index is 12.3. The van der Waals surface area contributed by atoms with Crippen molar-refractivity contribution in [2.24, 2.45) is 0 Å². The highest BCUT2D eigenvalue weighted by Crippen LogP contribution is 2.13. The molecule has 7 nitrogen and oxygen atoms in total. The normalized spacial score (nSPS) is 11.0. The zero-order valence-electron chi connectivity index (χ0n) is 14.6. The van der Waals surface area contributed by atoms with E-state index in [-0.39, 0.29) is 5.91 Å². The van der Waals surface area contributed by atoms with E-state index in [1.54, 1.807) is 10.9 Å². The number of carbonyl (C=O) groups is 1. The van der Waals surface area contributed by atoms with Crippen LogP contribution in [0.15, 0.2) is 54.7 Å². The lowest BCUT2D eigenvalue weighted by Gasteiger charge is -2.03. The average Bonchev–Trinajstić information content (AvgIpc) is 3.36. The number of carbonyl (C=O) groups excluding carboxylic acids is 1. The highest BCUT2D eigenvalue weighted by atomic mass is 32.1. The van der Waals surface area contributed by atoms with Crippen LogP contribution in [0.1, 0.15) is 28.0 Å². The number of nitrogens with zero attached hydrogens (tertiary/aromatic N) is 5. The molecule has 0 saturated carbocycles. The van der Waals surface area contributed by atoms with Crippen molar-refractivity contribution in [3.8, 4) is 0 Å². The molecule has 0 atom stereocenters. The van der Waals surface area contributed by atoms with Crippen molar-refractivity contribution in [2.75, 3.05) is 0 Å². The molecule has 0 aliphatic heterocycles. The van der Waals surface area contributed by atoms with E-state index in [0.29, 0.717) is 12.2 Å². The molecule has 136 valence electrons. The summed E-state index contributed by atoms with van der Waals surface area (Å²) in [6.45, 7) is 1.13. The molecule has 2 heterocycles. The Bertz CT molecular complexity index is 1040. The zero-order chi connectivity index (χ0) is 18.5. The minimum absolute atomic E-state index is 0.235. The monoisotopic (exact) mass is 378 g/mol. The second-order valence-electron chi connectivity index (χ2n) is 6.23. The molecule has 8 heteroatoms. The molecule has 0 fully saturated rings. The summed E-state index contributed by atoms with van der Waals surface area (Å²) >= 11 is 1.18. The van der Waals surface area contributed by atoms with Crippen molar-refractivity contribution >= 4 is 28.7 Å². The van der Waals surface area contributed by atoms with E-state index < -0.39 is 0 Å². The van der Waals surface area contributed by atoms with Crippen LogP contribution in [-0.2, 0) is 19.5 Å². The number of aromatic nitrogens is 5. The SMILES string of the molecule is O=C(NCc1ccc2nsnc2c1)c1cn(CCCc2ccccc2)nn1.